The maximum absolute atomic E-state index is 11.5. The molecule has 5 N–H and O–H groups in total. The van der Waals surface area contributed by atoms with Gasteiger partial charge < -0.3 is 20.6 Å². The molecule has 0 amide bonds. The molecule has 7 heteroatoms. The molecule has 0 fully saturated rings. The van der Waals surface area contributed by atoms with E-state index < -0.39 is 24.8 Å². The minimum Gasteiger partial charge on any atom is -0.480 e. The minimum absolute atomic E-state index is 0.337. The van der Waals surface area contributed by atoms with Gasteiger partial charge in [0.25, 0.3) is 0 Å². The lowest BCUT2D eigenvalue weighted by Gasteiger charge is -2.26. The van der Waals surface area contributed by atoms with E-state index in [9.17, 15) is 19.1 Å². The molecule has 2 atom stereocenters. The lowest BCUT2D eigenvalue weighted by Crippen LogP contribution is -2.46. The van der Waals surface area contributed by atoms with E-state index in [1.54, 1.807) is 30.3 Å². The van der Waals surface area contributed by atoms with Crippen LogP contribution in [0, 0.1) is 0 Å². The molecule has 0 aliphatic carbocycles. The fourth-order valence-electron chi connectivity index (χ4n) is 1.60. The number of rotatable bonds is 5. The molecule has 6 nitrogen and oxygen atoms in total. The predicted molar refractivity (Wildman–Crippen MR) is 66.1 cm³/mol. The van der Waals surface area contributed by atoms with Crippen molar-refractivity contribution in [3.05, 3.63) is 35.9 Å². The highest BCUT2D eigenvalue weighted by molar-refractivity contribution is 7.52. The van der Waals surface area contributed by atoms with Crippen molar-refractivity contribution in [2.45, 2.75) is 24.5 Å². The van der Waals surface area contributed by atoms with Gasteiger partial charge in [-0.1, -0.05) is 30.3 Å². The van der Waals surface area contributed by atoms with Gasteiger partial charge in [0.2, 0.25) is 0 Å². The average molecular weight is 273 g/mol. The molecule has 1 aromatic carbocycles. The Morgan fingerprint density at radius 2 is 1.89 bits per heavy atom. The standard InChI is InChI=1S/C11H16NO5P/c1-11(12,10(13)14)7-9(18(15,16)17)8-5-3-2-4-6-8/h2-6,9H,7,12H2,1H3,(H,13,14)(H2,15,16,17)/t9-,11-/m0/s1. The zero-order valence-corrected chi connectivity index (χ0v) is 10.7. The van der Waals surface area contributed by atoms with E-state index in [0.29, 0.717) is 5.56 Å². The van der Waals surface area contributed by atoms with E-state index in [2.05, 4.69) is 0 Å². The Bertz CT molecular complexity index is 468. The SMILES string of the molecule is C[C@](N)(C[C@@H](c1ccccc1)P(=O)(O)O)C(=O)O. The Kier molecular flexibility index (Phi) is 4.29. The van der Waals surface area contributed by atoms with Gasteiger partial charge in [0, 0.05) is 0 Å². The summed E-state index contributed by atoms with van der Waals surface area (Å²) in [7, 11) is -4.48. The zero-order chi connectivity index (χ0) is 14.0. The first-order chi connectivity index (χ1) is 8.14. The Labute approximate surface area is 105 Å². The van der Waals surface area contributed by atoms with Gasteiger partial charge in [-0.2, -0.15) is 0 Å². The molecular weight excluding hydrogens is 257 g/mol. The first-order valence-electron chi connectivity index (χ1n) is 5.27. The van der Waals surface area contributed by atoms with Crippen LogP contribution in [0.25, 0.3) is 0 Å². The molecule has 0 aromatic heterocycles. The van der Waals surface area contributed by atoms with E-state index in [1.165, 1.54) is 6.92 Å². The van der Waals surface area contributed by atoms with Gasteiger partial charge in [0.1, 0.15) is 5.54 Å². The second-order valence-corrected chi connectivity index (χ2v) is 6.24. The van der Waals surface area contributed by atoms with Crippen LogP contribution in [0.1, 0.15) is 24.6 Å². The summed E-state index contributed by atoms with van der Waals surface area (Å²) in [6.07, 6.45) is -0.337. The molecule has 0 radical (unpaired) electrons. The van der Waals surface area contributed by atoms with Crippen LogP contribution in [-0.2, 0) is 9.36 Å². The summed E-state index contributed by atoms with van der Waals surface area (Å²) >= 11 is 0. The van der Waals surface area contributed by atoms with E-state index >= 15 is 0 Å². The molecule has 0 aliphatic rings. The van der Waals surface area contributed by atoms with E-state index in [0.717, 1.165) is 0 Å². The number of carboxylic acid groups (broad SMARTS) is 1. The van der Waals surface area contributed by atoms with Crippen molar-refractivity contribution in [3.63, 3.8) is 0 Å². The van der Waals surface area contributed by atoms with Crippen LogP contribution in [0.5, 0.6) is 0 Å². The number of benzene rings is 1. The van der Waals surface area contributed by atoms with Crippen molar-refractivity contribution in [3.8, 4) is 0 Å². The maximum Gasteiger partial charge on any atom is 0.333 e. The molecular formula is C11H16NO5P. The van der Waals surface area contributed by atoms with Crippen LogP contribution in [0.3, 0.4) is 0 Å². The minimum atomic E-state index is -4.48. The first-order valence-corrected chi connectivity index (χ1v) is 6.95. The Balaban J connectivity index is 3.10. The van der Waals surface area contributed by atoms with Gasteiger partial charge in [-0.15, -0.1) is 0 Å². The van der Waals surface area contributed by atoms with Crippen molar-refractivity contribution >= 4 is 13.6 Å². The summed E-state index contributed by atoms with van der Waals surface area (Å²) < 4.78 is 11.5. The van der Waals surface area contributed by atoms with Crippen LogP contribution in [0.2, 0.25) is 0 Å². The van der Waals surface area contributed by atoms with Crippen molar-refractivity contribution in [2.75, 3.05) is 0 Å². The molecule has 0 aliphatic heterocycles. The number of carbonyl (C=O) groups is 1. The topological polar surface area (TPSA) is 121 Å². The van der Waals surface area contributed by atoms with Crippen LogP contribution in [-0.4, -0.2) is 26.4 Å². The lowest BCUT2D eigenvalue weighted by molar-refractivity contribution is -0.142. The highest BCUT2D eigenvalue weighted by Gasteiger charge is 2.39. The largest absolute Gasteiger partial charge is 0.480 e. The highest BCUT2D eigenvalue weighted by atomic mass is 31.2. The Morgan fingerprint density at radius 3 is 2.28 bits per heavy atom. The second kappa shape index (κ2) is 5.20. The summed E-state index contributed by atoms with van der Waals surface area (Å²) in [4.78, 5) is 29.6. The summed E-state index contributed by atoms with van der Waals surface area (Å²) in [5.74, 6) is -1.29. The third-order valence-corrected chi connectivity index (χ3v) is 3.99. The van der Waals surface area contributed by atoms with Gasteiger partial charge in [0.15, 0.2) is 0 Å². The molecule has 1 aromatic rings. The number of hydrogen-bond donors (Lipinski definition) is 4. The third-order valence-electron chi connectivity index (χ3n) is 2.70. The van der Waals surface area contributed by atoms with Gasteiger partial charge in [0.05, 0.1) is 5.66 Å². The smallest absolute Gasteiger partial charge is 0.333 e. The lowest BCUT2D eigenvalue weighted by atomic mass is 9.94. The summed E-state index contributed by atoms with van der Waals surface area (Å²) in [5.41, 5.74) is 3.02. The summed E-state index contributed by atoms with van der Waals surface area (Å²) in [5, 5.41) is 8.92. The summed E-state index contributed by atoms with van der Waals surface area (Å²) in [6, 6.07) is 8.06. The van der Waals surface area contributed by atoms with Crippen LogP contribution < -0.4 is 5.73 Å². The van der Waals surface area contributed by atoms with Crippen molar-refractivity contribution in [1.82, 2.24) is 0 Å². The van der Waals surface area contributed by atoms with E-state index in [-0.39, 0.29) is 6.42 Å². The zero-order valence-electron chi connectivity index (χ0n) is 9.85. The number of nitrogens with two attached hydrogens (primary N) is 1. The van der Waals surface area contributed by atoms with Gasteiger partial charge in [-0.05, 0) is 18.9 Å². The predicted octanol–water partition coefficient (Wildman–Crippen LogP) is 1.10. The van der Waals surface area contributed by atoms with Crippen molar-refractivity contribution in [1.29, 1.82) is 0 Å². The highest BCUT2D eigenvalue weighted by Crippen LogP contribution is 2.54. The van der Waals surface area contributed by atoms with Crippen LogP contribution >= 0.6 is 7.60 Å². The van der Waals surface area contributed by atoms with E-state index in [1.807, 2.05) is 0 Å². The normalized spacial score (nSPS) is 16.9. The molecule has 0 spiro atoms. The fourth-order valence-corrected chi connectivity index (χ4v) is 2.77. The van der Waals surface area contributed by atoms with Crippen LogP contribution in [0.15, 0.2) is 30.3 Å². The van der Waals surface area contributed by atoms with Gasteiger partial charge in [-0.25, -0.2) is 0 Å². The summed E-state index contributed by atoms with van der Waals surface area (Å²) in [6.45, 7) is 1.24. The van der Waals surface area contributed by atoms with Crippen LogP contribution in [0.4, 0.5) is 0 Å². The quantitative estimate of drug-likeness (QED) is 0.596. The first kappa shape index (κ1) is 14.9. The fraction of sp³-hybridized carbons (Fsp3) is 0.364. The third kappa shape index (κ3) is 3.65. The van der Waals surface area contributed by atoms with Crippen molar-refractivity contribution in [2.24, 2.45) is 5.73 Å². The maximum atomic E-state index is 11.5. The number of hydrogen-bond acceptors (Lipinski definition) is 3. The molecule has 0 saturated heterocycles. The molecule has 0 unspecified atom stereocenters. The monoisotopic (exact) mass is 273 g/mol. The number of aliphatic carboxylic acids is 1. The van der Waals surface area contributed by atoms with Gasteiger partial charge >= 0.3 is 13.6 Å². The Morgan fingerprint density at radius 1 is 1.39 bits per heavy atom. The molecule has 0 saturated carbocycles. The molecule has 0 heterocycles. The van der Waals surface area contributed by atoms with E-state index in [4.69, 9.17) is 10.8 Å². The molecule has 18 heavy (non-hydrogen) atoms. The molecule has 0 bridgehead atoms. The Hall–Kier alpha value is -1.20. The second-order valence-electron chi connectivity index (χ2n) is 4.44. The van der Waals surface area contributed by atoms with Crippen molar-refractivity contribution < 1.29 is 24.3 Å². The molecule has 100 valence electrons. The average Bonchev–Trinajstić information content (AvgIpc) is 2.25. The van der Waals surface area contributed by atoms with Gasteiger partial charge in [-0.3, -0.25) is 9.36 Å². The number of carboxylic acids is 1. The molecule has 1 rings (SSSR count).